The summed E-state index contributed by atoms with van der Waals surface area (Å²) in [6.07, 6.45) is 21.4. The molecule has 0 aliphatic heterocycles. The largest absolute Gasteiger partial charge is 0.258 e. The van der Waals surface area contributed by atoms with Crippen molar-refractivity contribution in [2.75, 3.05) is 0 Å². The van der Waals surface area contributed by atoms with Crippen LogP contribution >= 0.6 is 0 Å². The van der Waals surface area contributed by atoms with Gasteiger partial charge in [0.2, 0.25) is 0 Å². The molecule has 0 aliphatic carbocycles. The Kier molecular flexibility index (Phi) is 12.0. The molecule has 0 atom stereocenters. The van der Waals surface area contributed by atoms with E-state index in [9.17, 15) is 0 Å². The fourth-order valence-corrected chi connectivity index (χ4v) is 3.71. The fraction of sp³-hybridized carbons (Fsp3) is 0.864. The zero-order valence-corrected chi connectivity index (χ0v) is 17.0. The molecule has 2 nitrogen and oxygen atoms in total. The normalized spacial score (nSPS) is 11.5. The number of imidazole rings is 1. The lowest BCUT2D eigenvalue weighted by Crippen LogP contribution is -2.37. The van der Waals surface area contributed by atoms with E-state index in [2.05, 4.69) is 49.2 Å². The maximum atomic E-state index is 2.49. The van der Waals surface area contributed by atoms with Gasteiger partial charge in [0.1, 0.15) is 12.4 Å². The average Bonchev–Trinajstić information content (AvgIpc) is 2.96. The van der Waals surface area contributed by atoms with Crippen molar-refractivity contribution in [3.05, 3.63) is 18.2 Å². The standard InChI is InChI=1S/C22H43N2/c1-5-7-8-9-10-11-12-13-14-15-16-18-24-20-19-23(17-6-2)22(24)21(3)4/h19-21H,5-18H2,1-4H3/q+1. The Morgan fingerprint density at radius 2 is 1.33 bits per heavy atom. The van der Waals surface area contributed by atoms with Gasteiger partial charge in [0.25, 0.3) is 5.82 Å². The quantitative estimate of drug-likeness (QED) is 0.251. The van der Waals surface area contributed by atoms with Gasteiger partial charge < -0.3 is 0 Å². The number of hydrogen-bond donors (Lipinski definition) is 0. The maximum Gasteiger partial charge on any atom is 0.258 e. The van der Waals surface area contributed by atoms with E-state index < -0.39 is 0 Å². The summed E-state index contributed by atoms with van der Waals surface area (Å²) in [5.41, 5.74) is 0. The molecule has 140 valence electrons. The van der Waals surface area contributed by atoms with Crippen molar-refractivity contribution < 1.29 is 4.57 Å². The highest BCUT2D eigenvalue weighted by atomic mass is 15.1. The van der Waals surface area contributed by atoms with Crippen LogP contribution in [-0.2, 0) is 13.1 Å². The van der Waals surface area contributed by atoms with Crippen molar-refractivity contribution in [2.24, 2.45) is 0 Å². The van der Waals surface area contributed by atoms with Gasteiger partial charge in [-0.15, -0.1) is 0 Å². The van der Waals surface area contributed by atoms with Gasteiger partial charge in [0.05, 0.1) is 19.0 Å². The summed E-state index contributed by atoms with van der Waals surface area (Å²) in [5, 5.41) is 0. The summed E-state index contributed by atoms with van der Waals surface area (Å²) in [4.78, 5) is 0. The van der Waals surface area contributed by atoms with Crippen LogP contribution in [0.3, 0.4) is 0 Å². The third-order valence-electron chi connectivity index (χ3n) is 5.00. The monoisotopic (exact) mass is 335 g/mol. The van der Waals surface area contributed by atoms with Crippen LogP contribution in [0.15, 0.2) is 12.4 Å². The molecule has 0 bridgehead atoms. The number of unbranched alkanes of at least 4 members (excludes halogenated alkanes) is 10. The molecule has 0 saturated carbocycles. The van der Waals surface area contributed by atoms with E-state index in [0.717, 1.165) is 6.54 Å². The first-order chi connectivity index (χ1) is 11.7. The highest BCUT2D eigenvalue weighted by Gasteiger charge is 2.19. The van der Waals surface area contributed by atoms with E-state index in [4.69, 9.17) is 0 Å². The number of aryl methyl sites for hydroxylation is 2. The SMILES string of the molecule is CCCCCCCCCCCCCn1cc[n+](CCC)c1C(C)C. The van der Waals surface area contributed by atoms with Crippen LogP contribution in [0.25, 0.3) is 0 Å². The van der Waals surface area contributed by atoms with E-state index in [1.54, 1.807) is 0 Å². The molecule has 0 saturated heterocycles. The Morgan fingerprint density at radius 3 is 1.83 bits per heavy atom. The number of rotatable bonds is 15. The van der Waals surface area contributed by atoms with E-state index in [-0.39, 0.29) is 0 Å². The lowest BCUT2D eigenvalue weighted by atomic mass is 10.1. The van der Waals surface area contributed by atoms with E-state index in [1.807, 2.05) is 0 Å². The molecule has 0 unspecified atom stereocenters. The van der Waals surface area contributed by atoms with Gasteiger partial charge in [-0.05, 0) is 19.3 Å². The van der Waals surface area contributed by atoms with Crippen molar-refractivity contribution in [1.29, 1.82) is 0 Å². The van der Waals surface area contributed by atoms with Crippen molar-refractivity contribution >= 4 is 0 Å². The topological polar surface area (TPSA) is 8.81 Å². The molecule has 0 aliphatic rings. The molecule has 1 heterocycles. The Balaban J connectivity index is 2.11. The van der Waals surface area contributed by atoms with Gasteiger partial charge in [-0.25, -0.2) is 9.13 Å². The van der Waals surface area contributed by atoms with Gasteiger partial charge in [0, 0.05) is 0 Å². The van der Waals surface area contributed by atoms with Crippen LogP contribution in [0, 0.1) is 0 Å². The summed E-state index contributed by atoms with van der Waals surface area (Å²) >= 11 is 0. The third-order valence-corrected chi connectivity index (χ3v) is 5.00. The molecule has 1 aromatic rings. The third kappa shape index (κ3) is 8.35. The fourth-order valence-electron chi connectivity index (χ4n) is 3.71. The minimum atomic E-state index is 0.610. The minimum absolute atomic E-state index is 0.610. The molecule has 0 aromatic carbocycles. The molecule has 2 heteroatoms. The molecule has 0 amide bonds. The van der Waals surface area contributed by atoms with Crippen LogP contribution in [0.5, 0.6) is 0 Å². The molecule has 1 rings (SSSR count). The van der Waals surface area contributed by atoms with Crippen molar-refractivity contribution in [1.82, 2.24) is 4.57 Å². The molecule has 0 radical (unpaired) electrons. The second-order valence-electron chi connectivity index (χ2n) is 7.73. The summed E-state index contributed by atoms with van der Waals surface area (Å²) in [5.74, 6) is 2.11. The Labute approximate surface area is 151 Å². The van der Waals surface area contributed by atoms with Crippen LogP contribution in [0.4, 0.5) is 0 Å². The van der Waals surface area contributed by atoms with Crippen molar-refractivity contribution in [2.45, 2.75) is 124 Å². The second kappa shape index (κ2) is 13.5. The van der Waals surface area contributed by atoms with Crippen LogP contribution in [-0.4, -0.2) is 4.57 Å². The molecular formula is C22H43N2+. The maximum absolute atomic E-state index is 2.49. The van der Waals surface area contributed by atoms with E-state index in [0.29, 0.717) is 5.92 Å². The van der Waals surface area contributed by atoms with Crippen molar-refractivity contribution in [3.63, 3.8) is 0 Å². The van der Waals surface area contributed by atoms with Gasteiger partial charge in [-0.1, -0.05) is 85.5 Å². The van der Waals surface area contributed by atoms with Crippen molar-refractivity contribution in [3.8, 4) is 0 Å². The van der Waals surface area contributed by atoms with Gasteiger partial charge in [-0.3, -0.25) is 0 Å². The molecule has 0 N–H and O–H groups in total. The summed E-state index contributed by atoms with van der Waals surface area (Å²) in [6, 6.07) is 0. The smallest absolute Gasteiger partial charge is 0.234 e. The highest BCUT2D eigenvalue weighted by Crippen LogP contribution is 2.14. The Bertz CT molecular complexity index is 406. The molecule has 24 heavy (non-hydrogen) atoms. The molecule has 1 aromatic heterocycles. The first kappa shape index (κ1) is 21.3. The summed E-state index contributed by atoms with van der Waals surface area (Å²) < 4.78 is 4.94. The van der Waals surface area contributed by atoms with Crippen LogP contribution < -0.4 is 4.57 Å². The first-order valence-corrected chi connectivity index (χ1v) is 10.8. The summed E-state index contributed by atoms with van der Waals surface area (Å²) in [7, 11) is 0. The minimum Gasteiger partial charge on any atom is -0.234 e. The first-order valence-electron chi connectivity index (χ1n) is 10.8. The zero-order chi connectivity index (χ0) is 17.6. The molecular weight excluding hydrogens is 292 g/mol. The number of hydrogen-bond acceptors (Lipinski definition) is 0. The predicted molar refractivity (Wildman–Crippen MR) is 105 cm³/mol. The van der Waals surface area contributed by atoms with Crippen LogP contribution in [0.1, 0.15) is 116 Å². The van der Waals surface area contributed by atoms with Gasteiger partial charge in [-0.2, -0.15) is 0 Å². The second-order valence-corrected chi connectivity index (χ2v) is 7.73. The molecule has 0 fully saturated rings. The Hall–Kier alpha value is -0.790. The van der Waals surface area contributed by atoms with Gasteiger partial charge >= 0.3 is 0 Å². The van der Waals surface area contributed by atoms with Crippen LogP contribution in [0.2, 0.25) is 0 Å². The average molecular weight is 336 g/mol. The number of aromatic nitrogens is 2. The number of nitrogens with zero attached hydrogens (tertiary/aromatic N) is 2. The Morgan fingerprint density at radius 1 is 0.792 bits per heavy atom. The van der Waals surface area contributed by atoms with E-state index in [1.165, 1.54) is 89.4 Å². The summed E-state index contributed by atoms with van der Waals surface area (Å²) in [6.45, 7) is 11.5. The lowest BCUT2D eigenvalue weighted by Gasteiger charge is -2.07. The van der Waals surface area contributed by atoms with E-state index >= 15 is 0 Å². The molecule has 0 spiro atoms. The van der Waals surface area contributed by atoms with Gasteiger partial charge in [0.15, 0.2) is 0 Å². The predicted octanol–water partition coefficient (Wildman–Crippen LogP) is 6.62. The lowest BCUT2D eigenvalue weighted by molar-refractivity contribution is -0.704. The zero-order valence-electron chi connectivity index (χ0n) is 17.0. The highest BCUT2D eigenvalue weighted by molar-refractivity contribution is 4.89.